The van der Waals surface area contributed by atoms with Crippen LogP contribution in [0.1, 0.15) is 18.2 Å². The lowest BCUT2D eigenvalue weighted by atomic mass is 10.2. The molecule has 2 aromatic rings. The van der Waals surface area contributed by atoms with Crippen LogP contribution in [0.25, 0.3) is 0 Å². The maximum absolute atomic E-state index is 11.4. The largest absolute Gasteiger partial charge is 0.508 e. The summed E-state index contributed by atoms with van der Waals surface area (Å²) in [6.07, 6.45) is 1.71. The van der Waals surface area contributed by atoms with Crippen LogP contribution in [0.5, 0.6) is 5.75 Å². The zero-order valence-corrected chi connectivity index (χ0v) is 14.1. The number of nitrogens with one attached hydrogen (secondary N) is 1. The maximum atomic E-state index is 11.4. The number of phenols is 1. The zero-order valence-electron chi connectivity index (χ0n) is 11.7. The summed E-state index contributed by atoms with van der Waals surface area (Å²) in [4.78, 5) is 15.6. The Morgan fingerprint density at radius 3 is 3.18 bits per heavy atom. The maximum Gasteiger partial charge on any atom is 0.311 e. The number of ether oxygens (including phenoxy) is 1. The van der Waals surface area contributed by atoms with Gasteiger partial charge in [-0.2, -0.15) is 5.10 Å². The molecule has 2 rings (SSSR count). The van der Waals surface area contributed by atoms with Gasteiger partial charge in [0.15, 0.2) is 0 Å². The van der Waals surface area contributed by atoms with E-state index in [1.807, 2.05) is 0 Å². The van der Waals surface area contributed by atoms with Crippen molar-refractivity contribution in [2.45, 2.75) is 13.3 Å². The van der Waals surface area contributed by atoms with Crippen LogP contribution < -0.4 is 5.43 Å². The average Bonchev–Trinajstić information content (AvgIpc) is 2.90. The minimum atomic E-state index is -0.299. The van der Waals surface area contributed by atoms with E-state index in [1.54, 1.807) is 36.7 Å². The van der Waals surface area contributed by atoms with Crippen LogP contribution in [0.3, 0.4) is 0 Å². The summed E-state index contributed by atoms with van der Waals surface area (Å²) in [5.41, 5.74) is 4.16. The van der Waals surface area contributed by atoms with Gasteiger partial charge in [0.2, 0.25) is 5.13 Å². The van der Waals surface area contributed by atoms with E-state index in [0.717, 1.165) is 10.0 Å². The minimum absolute atomic E-state index is 0.147. The molecule has 0 spiro atoms. The van der Waals surface area contributed by atoms with Crippen molar-refractivity contribution in [1.29, 1.82) is 0 Å². The van der Waals surface area contributed by atoms with Crippen molar-refractivity contribution < 1.29 is 14.6 Å². The number of benzene rings is 1. The van der Waals surface area contributed by atoms with Gasteiger partial charge in [-0.1, -0.05) is 15.9 Å². The second-order valence-corrected chi connectivity index (χ2v) is 5.91. The monoisotopic (exact) mass is 383 g/mol. The van der Waals surface area contributed by atoms with Crippen molar-refractivity contribution >= 4 is 44.6 Å². The van der Waals surface area contributed by atoms with Gasteiger partial charge < -0.3 is 9.84 Å². The third-order valence-corrected chi connectivity index (χ3v) is 4.04. The van der Waals surface area contributed by atoms with Crippen LogP contribution in [-0.2, 0) is 16.0 Å². The number of aromatic nitrogens is 1. The number of hydrazone groups is 1. The Labute approximate surface area is 140 Å². The van der Waals surface area contributed by atoms with Gasteiger partial charge in [-0.3, -0.25) is 10.2 Å². The molecule has 0 unspecified atom stereocenters. The molecule has 0 fully saturated rings. The number of nitrogens with zero attached hydrogens (tertiary/aromatic N) is 2. The molecule has 8 heteroatoms. The number of halogens is 1. The molecule has 0 saturated heterocycles. The number of esters is 1. The van der Waals surface area contributed by atoms with E-state index in [4.69, 9.17) is 4.74 Å². The molecule has 0 atom stereocenters. The summed E-state index contributed by atoms with van der Waals surface area (Å²) in [5, 5.41) is 15.8. The molecule has 2 N–H and O–H groups in total. The summed E-state index contributed by atoms with van der Waals surface area (Å²) in [7, 11) is 0. The van der Waals surface area contributed by atoms with Gasteiger partial charge in [-0.15, -0.1) is 11.3 Å². The van der Waals surface area contributed by atoms with E-state index in [0.29, 0.717) is 17.4 Å². The molecule has 1 heterocycles. The molecule has 0 amide bonds. The fraction of sp³-hybridized carbons (Fsp3) is 0.214. The predicted octanol–water partition coefficient (Wildman–Crippen LogP) is 3.16. The third-order valence-electron chi connectivity index (χ3n) is 2.53. The molecule has 116 valence electrons. The average molecular weight is 384 g/mol. The first-order valence-corrected chi connectivity index (χ1v) is 8.13. The molecule has 0 bridgehead atoms. The van der Waals surface area contributed by atoms with Crippen LogP contribution in [0.2, 0.25) is 0 Å². The second kappa shape index (κ2) is 7.90. The van der Waals surface area contributed by atoms with Crippen molar-refractivity contribution in [3.63, 3.8) is 0 Å². The first-order chi connectivity index (χ1) is 10.6. The Morgan fingerprint density at radius 2 is 2.41 bits per heavy atom. The lowest BCUT2D eigenvalue weighted by molar-refractivity contribution is -0.142. The Kier molecular flexibility index (Phi) is 5.91. The molecule has 0 aliphatic rings. The zero-order chi connectivity index (χ0) is 15.9. The van der Waals surface area contributed by atoms with Gasteiger partial charge in [-0.25, -0.2) is 4.98 Å². The minimum Gasteiger partial charge on any atom is -0.508 e. The molecule has 6 nitrogen and oxygen atoms in total. The summed E-state index contributed by atoms with van der Waals surface area (Å²) in [5.74, 6) is -0.137. The van der Waals surface area contributed by atoms with E-state index in [9.17, 15) is 9.90 Å². The number of hydrogen-bond acceptors (Lipinski definition) is 7. The SMILES string of the molecule is CCOC(=O)Cc1csc(NN=Cc2cc(O)ccc2Br)n1. The number of carbonyl (C=O) groups excluding carboxylic acids is 1. The Morgan fingerprint density at radius 1 is 1.59 bits per heavy atom. The highest BCUT2D eigenvalue weighted by molar-refractivity contribution is 9.10. The number of aromatic hydroxyl groups is 1. The van der Waals surface area contributed by atoms with Gasteiger partial charge in [0, 0.05) is 15.4 Å². The third kappa shape index (κ3) is 4.81. The summed E-state index contributed by atoms with van der Waals surface area (Å²) < 4.78 is 5.68. The number of carbonyl (C=O) groups is 1. The second-order valence-electron chi connectivity index (χ2n) is 4.20. The fourth-order valence-electron chi connectivity index (χ4n) is 1.59. The van der Waals surface area contributed by atoms with Crippen LogP contribution in [-0.4, -0.2) is 28.9 Å². The van der Waals surface area contributed by atoms with Gasteiger partial charge in [0.05, 0.1) is 24.9 Å². The summed E-state index contributed by atoms with van der Waals surface area (Å²) in [6.45, 7) is 2.12. The number of thiazole rings is 1. The van der Waals surface area contributed by atoms with Gasteiger partial charge in [-0.05, 0) is 25.1 Å². The molecule has 0 saturated carbocycles. The quantitative estimate of drug-likeness (QED) is 0.454. The van der Waals surface area contributed by atoms with Crippen LogP contribution in [0, 0.1) is 0 Å². The van der Waals surface area contributed by atoms with Crippen LogP contribution in [0.4, 0.5) is 5.13 Å². The number of hydrogen-bond donors (Lipinski definition) is 2. The van der Waals surface area contributed by atoms with E-state index >= 15 is 0 Å². The van der Waals surface area contributed by atoms with Crippen LogP contribution >= 0.6 is 27.3 Å². The highest BCUT2D eigenvalue weighted by Crippen LogP contribution is 2.20. The Bertz CT molecular complexity index is 688. The summed E-state index contributed by atoms with van der Waals surface area (Å²) in [6, 6.07) is 4.90. The van der Waals surface area contributed by atoms with Crippen molar-refractivity contribution in [2.75, 3.05) is 12.0 Å². The highest BCUT2D eigenvalue weighted by Gasteiger charge is 2.07. The van der Waals surface area contributed by atoms with Crippen molar-refractivity contribution in [2.24, 2.45) is 5.10 Å². The van der Waals surface area contributed by atoms with Crippen LogP contribution in [0.15, 0.2) is 33.2 Å². The molecular formula is C14H14BrN3O3S. The number of anilines is 1. The Hall–Kier alpha value is -1.93. The number of phenolic OH excluding ortho intramolecular Hbond substituents is 1. The van der Waals surface area contributed by atoms with Crippen molar-refractivity contribution in [3.8, 4) is 5.75 Å². The molecule has 1 aromatic carbocycles. The standard InChI is InChI=1S/C14H14BrN3O3S/c1-2-21-13(20)6-10-8-22-14(17-10)18-16-7-9-5-11(19)3-4-12(9)15/h3-5,7-8,19H,2,6H2,1H3,(H,17,18). The topological polar surface area (TPSA) is 83.8 Å². The summed E-state index contributed by atoms with van der Waals surface area (Å²) >= 11 is 4.72. The lowest BCUT2D eigenvalue weighted by Crippen LogP contribution is -2.07. The fourth-order valence-corrected chi connectivity index (χ4v) is 2.59. The smallest absolute Gasteiger partial charge is 0.311 e. The Balaban J connectivity index is 1.94. The van der Waals surface area contributed by atoms with Crippen molar-refractivity contribution in [3.05, 3.63) is 39.3 Å². The normalized spacial score (nSPS) is 10.8. The highest BCUT2D eigenvalue weighted by atomic mass is 79.9. The molecule has 1 aromatic heterocycles. The first-order valence-electron chi connectivity index (χ1n) is 6.46. The van der Waals surface area contributed by atoms with E-state index in [-0.39, 0.29) is 18.1 Å². The molecule has 22 heavy (non-hydrogen) atoms. The molecule has 0 aliphatic heterocycles. The number of rotatable bonds is 6. The first kappa shape index (κ1) is 16.4. The van der Waals surface area contributed by atoms with Gasteiger partial charge in [0.25, 0.3) is 0 Å². The predicted molar refractivity (Wildman–Crippen MR) is 89.5 cm³/mol. The van der Waals surface area contributed by atoms with E-state index in [1.165, 1.54) is 11.3 Å². The lowest BCUT2D eigenvalue weighted by Gasteiger charge is -1.99. The van der Waals surface area contributed by atoms with Crippen molar-refractivity contribution in [1.82, 2.24) is 4.98 Å². The molecular weight excluding hydrogens is 370 g/mol. The van der Waals surface area contributed by atoms with E-state index < -0.39 is 0 Å². The molecule has 0 radical (unpaired) electrons. The van der Waals surface area contributed by atoms with Gasteiger partial charge in [0.1, 0.15) is 5.75 Å². The van der Waals surface area contributed by atoms with E-state index in [2.05, 4.69) is 31.4 Å². The van der Waals surface area contributed by atoms with Gasteiger partial charge >= 0.3 is 5.97 Å². The molecule has 0 aliphatic carbocycles.